The predicted octanol–water partition coefficient (Wildman–Crippen LogP) is 4.28. The zero-order valence-electron chi connectivity index (χ0n) is 12.2. The minimum Gasteiger partial charge on any atom is -0.457 e. The first-order valence-corrected chi connectivity index (χ1v) is 6.82. The Morgan fingerprint density at radius 3 is 2.55 bits per heavy atom. The standard InChI is InChI=1S/C18H20O2/c1-18(2,3)20-17(19)13-7-11-15-10-6-9-14-8-4-5-12-16(14)15/h4-10,12-13H,11H2,1-3H3/b13-7+. The van der Waals surface area contributed by atoms with Crippen molar-refractivity contribution in [2.75, 3.05) is 0 Å². The van der Waals surface area contributed by atoms with Gasteiger partial charge in [-0.25, -0.2) is 4.79 Å². The van der Waals surface area contributed by atoms with Crippen LogP contribution in [0.15, 0.2) is 54.6 Å². The summed E-state index contributed by atoms with van der Waals surface area (Å²) in [6, 6.07) is 14.5. The third-order valence-electron chi connectivity index (χ3n) is 2.88. The highest BCUT2D eigenvalue weighted by atomic mass is 16.6. The largest absolute Gasteiger partial charge is 0.457 e. The molecule has 0 spiro atoms. The lowest BCUT2D eigenvalue weighted by Gasteiger charge is -2.17. The van der Waals surface area contributed by atoms with Crippen molar-refractivity contribution in [3.63, 3.8) is 0 Å². The maximum atomic E-state index is 11.6. The van der Waals surface area contributed by atoms with E-state index in [2.05, 4.69) is 24.3 Å². The molecule has 0 aliphatic carbocycles. The highest BCUT2D eigenvalue weighted by molar-refractivity contribution is 5.86. The molecule has 0 saturated heterocycles. The van der Waals surface area contributed by atoms with Crippen molar-refractivity contribution in [3.05, 3.63) is 60.2 Å². The van der Waals surface area contributed by atoms with Crippen molar-refractivity contribution in [1.29, 1.82) is 0 Å². The Morgan fingerprint density at radius 2 is 1.80 bits per heavy atom. The molecule has 0 bridgehead atoms. The number of benzene rings is 2. The summed E-state index contributed by atoms with van der Waals surface area (Å²) in [4.78, 5) is 11.6. The lowest BCUT2D eigenvalue weighted by Crippen LogP contribution is -2.22. The van der Waals surface area contributed by atoms with Gasteiger partial charge in [0, 0.05) is 6.08 Å². The number of rotatable bonds is 3. The van der Waals surface area contributed by atoms with Crippen LogP contribution in [0.2, 0.25) is 0 Å². The summed E-state index contributed by atoms with van der Waals surface area (Å²) in [5.74, 6) is -0.294. The normalized spacial score (nSPS) is 11.9. The average Bonchev–Trinajstić information content (AvgIpc) is 2.37. The van der Waals surface area contributed by atoms with Gasteiger partial charge in [0.2, 0.25) is 0 Å². The number of carbonyl (C=O) groups excluding carboxylic acids is 1. The van der Waals surface area contributed by atoms with Crippen molar-refractivity contribution in [1.82, 2.24) is 0 Å². The Bertz CT molecular complexity index is 628. The summed E-state index contributed by atoms with van der Waals surface area (Å²) in [6.07, 6.45) is 4.09. The molecule has 2 nitrogen and oxygen atoms in total. The van der Waals surface area contributed by atoms with E-state index in [0.29, 0.717) is 0 Å². The molecule has 20 heavy (non-hydrogen) atoms. The number of ether oxygens (including phenoxy) is 1. The van der Waals surface area contributed by atoms with Gasteiger partial charge < -0.3 is 4.74 Å². The second kappa shape index (κ2) is 5.91. The Balaban J connectivity index is 2.08. The summed E-state index contributed by atoms with van der Waals surface area (Å²) in [5, 5.41) is 2.44. The summed E-state index contributed by atoms with van der Waals surface area (Å²) in [5.41, 5.74) is 0.767. The Labute approximate surface area is 120 Å². The minimum absolute atomic E-state index is 0.294. The summed E-state index contributed by atoms with van der Waals surface area (Å²) in [6.45, 7) is 5.59. The van der Waals surface area contributed by atoms with E-state index in [4.69, 9.17) is 4.74 Å². The van der Waals surface area contributed by atoms with Crippen LogP contribution in [-0.2, 0) is 16.0 Å². The third kappa shape index (κ3) is 3.95. The van der Waals surface area contributed by atoms with Crippen LogP contribution < -0.4 is 0 Å². The van der Waals surface area contributed by atoms with Crippen LogP contribution in [0.3, 0.4) is 0 Å². The van der Waals surface area contributed by atoms with Crippen LogP contribution in [0.4, 0.5) is 0 Å². The van der Waals surface area contributed by atoms with E-state index >= 15 is 0 Å². The molecule has 0 radical (unpaired) electrons. The number of allylic oxidation sites excluding steroid dienone is 1. The predicted molar refractivity (Wildman–Crippen MR) is 82.6 cm³/mol. The maximum Gasteiger partial charge on any atom is 0.330 e. The second-order valence-corrected chi connectivity index (χ2v) is 5.78. The number of hydrogen-bond acceptors (Lipinski definition) is 2. The SMILES string of the molecule is CC(C)(C)OC(=O)/C=C/Cc1cccc2ccccc12. The van der Waals surface area contributed by atoms with Gasteiger partial charge in [-0.05, 0) is 43.5 Å². The smallest absolute Gasteiger partial charge is 0.330 e. The van der Waals surface area contributed by atoms with Crippen molar-refractivity contribution >= 4 is 16.7 Å². The molecular weight excluding hydrogens is 248 g/mol. The second-order valence-electron chi connectivity index (χ2n) is 5.78. The summed E-state index contributed by atoms with van der Waals surface area (Å²) >= 11 is 0. The average molecular weight is 268 g/mol. The molecule has 0 atom stereocenters. The molecule has 0 N–H and O–H groups in total. The quantitative estimate of drug-likeness (QED) is 0.613. The van der Waals surface area contributed by atoms with Crippen molar-refractivity contribution < 1.29 is 9.53 Å². The lowest BCUT2D eigenvalue weighted by atomic mass is 10.0. The maximum absolute atomic E-state index is 11.6. The van der Waals surface area contributed by atoms with Crippen LogP contribution in [0.5, 0.6) is 0 Å². The molecule has 0 unspecified atom stereocenters. The molecule has 2 rings (SSSR count). The van der Waals surface area contributed by atoms with Crippen molar-refractivity contribution in [2.24, 2.45) is 0 Å². The van der Waals surface area contributed by atoms with E-state index in [1.54, 1.807) is 0 Å². The molecule has 0 heterocycles. The minimum atomic E-state index is -0.444. The topological polar surface area (TPSA) is 26.3 Å². The Kier molecular flexibility index (Phi) is 4.23. The van der Waals surface area contributed by atoms with Crippen LogP contribution in [-0.4, -0.2) is 11.6 Å². The van der Waals surface area contributed by atoms with Crippen molar-refractivity contribution in [3.8, 4) is 0 Å². The van der Waals surface area contributed by atoms with Crippen molar-refractivity contribution in [2.45, 2.75) is 32.8 Å². The third-order valence-corrected chi connectivity index (χ3v) is 2.88. The monoisotopic (exact) mass is 268 g/mol. The highest BCUT2D eigenvalue weighted by Gasteiger charge is 2.13. The van der Waals surface area contributed by atoms with Gasteiger partial charge in [0.15, 0.2) is 0 Å². The molecule has 0 aliphatic heterocycles. The summed E-state index contributed by atoms with van der Waals surface area (Å²) < 4.78 is 5.24. The van der Waals surface area contributed by atoms with Gasteiger partial charge in [0.25, 0.3) is 0 Å². The van der Waals surface area contributed by atoms with Crippen LogP contribution in [0.1, 0.15) is 26.3 Å². The molecule has 104 valence electrons. The zero-order chi connectivity index (χ0) is 14.6. The van der Waals surface area contributed by atoms with Gasteiger partial charge in [-0.1, -0.05) is 48.5 Å². The van der Waals surface area contributed by atoms with E-state index in [1.165, 1.54) is 22.4 Å². The van der Waals surface area contributed by atoms with Gasteiger partial charge in [-0.3, -0.25) is 0 Å². The van der Waals surface area contributed by atoms with Gasteiger partial charge in [-0.2, -0.15) is 0 Å². The molecule has 2 aromatic carbocycles. The van der Waals surface area contributed by atoms with Gasteiger partial charge >= 0.3 is 5.97 Å². The molecule has 0 saturated carbocycles. The fraction of sp³-hybridized carbons (Fsp3) is 0.278. The van der Waals surface area contributed by atoms with E-state index in [1.807, 2.05) is 45.0 Å². The van der Waals surface area contributed by atoms with Gasteiger partial charge in [0.1, 0.15) is 5.60 Å². The van der Waals surface area contributed by atoms with E-state index in [0.717, 1.165) is 6.42 Å². The highest BCUT2D eigenvalue weighted by Crippen LogP contribution is 2.19. The fourth-order valence-electron chi connectivity index (χ4n) is 2.09. The van der Waals surface area contributed by atoms with E-state index in [9.17, 15) is 4.79 Å². The molecule has 0 amide bonds. The summed E-state index contributed by atoms with van der Waals surface area (Å²) in [7, 11) is 0. The van der Waals surface area contributed by atoms with Crippen LogP contribution in [0.25, 0.3) is 10.8 Å². The Morgan fingerprint density at radius 1 is 1.10 bits per heavy atom. The first-order chi connectivity index (χ1) is 9.46. The van der Waals surface area contributed by atoms with Gasteiger partial charge in [0.05, 0.1) is 0 Å². The van der Waals surface area contributed by atoms with Crippen LogP contribution >= 0.6 is 0 Å². The fourth-order valence-corrected chi connectivity index (χ4v) is 2.09. The number of esters is 1. The Hall–Kier alpha value is -2.09. The molecule has 2 heteroatoms. The zero-order valence-corrected chi connectivity index (χ0v) is 12.2. The van der Waals surface area contributed by atoms with E-state index < -0.39 is 5.60 Å². The first-order valence-electron chi connectivity index (χ1n) is 6.82. The molecule has 2 aromatic rings. The first kappa shape index (κ1) is 14.3. The number of carbonyl (C=O) groups is 1. The lowest BCUT2D eigenvalue weighted by molar-refractivity contribution is -0.148. The van der Waals surface area contributed by atoms with E-state index in [-0.39, 0.29) is 5.97 Å². The molecular formula is C18H20O2. The molecule has 0 fully saturated rings. The number of fused-ring (bicyclic) bond motifs is 1. The molecule has 0 aromatic heterocycles. The van der Waals surface area contributed by atoms with Gasteiger partial charge in [-0.15, -0.1) is 0 Å². The molecule has 0 aliphatic rings. The number of hydrogen-bond donors (Lipinski definition) is 0. The van der Waals surface area contributed by atoms with Crippen LogP contribution in [0, 0.1) is 0 Å².